The molecule has 0 saturated carbocycles. The third kappa shape index (κ3) is 1.86. The quantitative estimate of drug-likeness (QED) is 0.744. The van der Waals surface area contributed by atoms with Crippen LogP contribution in [0.5, 0.6) is 11.5 Å². The van der Waals surface area contributed by atoms with Crippen LogP contribution in [0.4, 0.5) is 0 Å². The number of hydrogen-bond donors (Lipinski definition) is 0. The zero-order valence-corrected chi connectivity index (χ0v) is 9.15. The lowest BCUT2D eigenvalue weighted by atomic mass is 10.2. The summed E-state index contributed by atoms with van der Waals surface area (Å²) in [5, 5.41) is 0.755. The summed E-state index contributed by atoms with van der Waals surface area (Å²) in [5.74, 6) is 1.18. The van der Waals surface area contributed by atoms with Crippen molar-refractivity contribution in [2.45, 2.75) is 6.92 Å². The fraction of sp³-hybridized carbons (Fsp3) is 0.250. The molecule has 0 atom stereocenters. The molecule has 0 unspecified atom stereocenters. The van der Waals surface area contributed by atoms with E-state index in [0.29, 0.717) is 23.7 Å². The van der Waals surface area contributed by atoms with E-state index >= 15 is 0 Å². The Hall–Kier alpha value is -1.97. The van der Waals surface area contributed by atoms with Crippen molar-refractivity contribution in [3.8, 4) is 11.5 Å². The summed E-state index contributed by atoms with van der Waals surface area (Å²) in [5.41, 5.74) is 0.0355. The zero-order chi connectivity index (χ0) is 11.5. The van der Waals surface area contributed by atoms with E-state index in [1.54, 1.807) is 6.07 Å². The standard InChI is InChI=1S/C12H12O4/c1-3-15-8-4-5-9-10(14-2)7-12(13)16-11(9)6-8/h4-7H,3H2,1-2H3. The van der Waals surface area contributed by atoms with Gasteiger partial charge in [-0.3, -0.25) is 0 Å². The van der Waals surface area contributed by atoms with Crippen LogP contribution in [0, 0.1) is 0 Å². The van der Waals surface area contributed by atoms with Crippen LogP contribution >= 0.6 is 0 Å². The van der Waals surface area contributed by atoms with Gasteiger partial charge in [0.1, 0.15) is 17.1 Å². The smallest absolute Gasteiger partial charge is 0.339 e. The third-order valence-electron chi connectivity index (χ3n) is 2.21. The second-order valence-electron chi connectivity index (χ2n) is 3.22. The Morgan fingerprint density at radius 1 is 1.31 bits per heavy atom. The van der Waals surface area contributed by atoms with Crippen molar-refractivity contribution in [2.75, 3.05) is 13.7 Å². The van der Waals surface area contributed by atoms with Crippen molar-refractivity contribution in [2.24, 2.45) is 0 Å². The Morgan fingerprint density at radius 2 is 2.12 bits per heavy atom. The van der Waals surface area contributed by atoms with Gasteiger partial charge in [-0.2, -0.15) is 0 Å². The predicted octanol–water partition coefficient (Wildman–Crippen LogP) is 2.20. The van der Waals surface area contributed by atoms with Gasteiger partial charge in [-0.25, -0.2) is 4.79 Å². The summed E-state index contributed by atoms with van der Waals surface area (Å²) >= 11 is 0. The minimum atomic E-state index is -0.432. The summed E-state index contributed by atoms with van der Waals surface area (Å²) in [6.07, 6.45) is 0. The molecule has 1 aromatic carbocycles. The second kappa shape index (κ2) is 4.26. The van der Waals surface area contributed by atoms with E-state index in [9.17, 15) is 4.79 Å². The van der Waals surface area contributed by atoms with Gasteiger partial charge in [0.2, 0.25) is 0 Å². The number of ether oxygens (including phenoxy) is 2. The maximum Gasteiger partial charge on any atom is 0.339 e. The highest BCUT2D eigenvalue weighted by atomic mass is 16.5. The number of fused-ring (bicyclic) bond motifs is 1. The molecule has 84 valence electrons. The first-order chi connectivity index (χ1) is 7.74. The summed E-state index contributed by atoms with van der Waals surface area (Å²) in [4.78, 5) is 11.2. The normalized spacial score (nSPS) is 10.4. The number of benzene rings is 1. The number of methoxy groups -OCH3 is 1. The molecule has 1 heterocycles. The van der Waals surface area contributed by atoms with Crippen LogP contribution in [0.25, 0.3) is 11.0 Å². The Balaban J connectivity index is 2.64. The monoisotopic (exact) mass is 220 g/mol. The fourth-order valence-corrected chi connectivity index (χ4v) is 1.54. The SMILES string of the molecule is CCOc1ccc2c(OC)cc(=O)oc2c1. The minimum Gasteiger partial charge on any atom is -0.496 e. The molecule has 0 aliphatic carbocycles. The zero-order valence-electron chi connectivity index (χ0n) is 9.15. The van der Waals surface area contributed by atoms with Crippen molar-refractivity contribution in [3.63, 3.8) is 0 Å². The van der Waals surface area contributed by atoms with Crippen LogP contribution in [0.1, 0.15) is 6.92 Å². The Kier molecular flexibility index (Phi) is 2.81. The van der Waals surface area contributed by atoms with E-state index < -0.39 is 5.63 Å². The summed E-state index contributed by atoms with van der Waals surface area (Å²) < 4.78 is 15.5. The lowest BCUT2D eigenvalue weighted by molar-refractivity contribution is 0.340. The molecule has 0 saturated heterocycles. The first-order valence-corrected chi connectivity index (χ1v) is 4.99. The molecule has 16 heavy (non-hydrogen) atoms. The largest absolute Gasteiger partial charge is 0.496 e. The molecule has 2 rings (SSSR count). The van der Waals surface area contributed by atoms with Gasteiger partial charge >= 0.3 is 5.63 Å². The van der Waals surface area contributed by atoms with Crippen molar-refractivity contribution in [1.82, 2.24) is 0 Å². The maximum absolute atomic E-state index is 11.2. The van der Waals surface area contributed by atoms with E-state index in [4.69, 9.17) is 13.9 Å². The average molecular weight is 220 g/mol. The Bertz CT molecular complexity index is 556. The summed E-state index contributed by atoms with van der Waals surface area (Å²) in [6, 6.07) is 6.63. The molecule has 0 fully saturated rings. The number of rotatable bonds is 3. The van der Waals surface area contributed by atoms with Crippen LogP contribution in [0.2, 0.25) is 0 Å². The molecule has 4 nitrogen and oxygen atoms in total. The molecule has 0 amide bonds. The highest BCUT2D eigenvalue weighted by molar-refractivity contribution is 5.84. The minimum absolute atomic E-state index is 0.432. The van der Waals surface area contributed by atoms with Crippen LogP contribution in [0.15, 0.2) is 33.5 Å². The maximum atomic E-state index is 11.2. The second-order valence-corrected chi connectivity index (χ2v) is 3.22. The van der Waals surface area contributed by atoms with Crippen molar-refractivity contribution in [1.29, 1.82) is 0 Å². The molecule has 0 aliphatic rings. The summed E-state index contributed by atoms with van der Waals surface area (Å²) in [6.45, 7) is 2.46. The average Bonchev–Trinajstić information content (AvgIpc) is 2.27. The van der Waals surface area contributed by atoms with Crippen molar-refractivity contribution < 1.29 is 13.9 Å². The van der Waals surface area contributed by atoms with Gasteiger partial charge in [0.15, 0.2) is 0 Å². The molecule has 0 spiro atoms. The first kappa shape index (κ1) is 10.5. The molecule has 4 heteroatoms. The van der Waals surface area contributed by atoms with Gasteiger partial charge in [-0.05, 0) is 19.1 Å². The molecule has 0 N–H and O–H groups in total. The predicted molar refractivity (Wildman–Crippen MR) is 60.2 cm³/mol. The lowest BCUT2D eigenvalue weighted by Crippen LogP contribution is -1.99. The molecule has 0 aliphatic heterocycles. The van der Waals surface area contributed by atoms with Gasteiger partial charge in [-0.1, -0.05) is 0 Å². The third-order valence-corrected chi connectivity index (χ3v) is 2.21. The van der Waals surface area contributed by atoms with Crippen molar-refractivity contribution in [3.05, 3.63) is 34.7 Å². The van der Waals surface area contributed by atoms with E-state index in [1.165, 1.54) is 13.2 Å². The van der Waals surface area contributed by atoms with E-state index in [-0.39, 0.29) is 0 Å². The fourth-order valence-electron chi connectivity index (χ4n) is 1.54. The van der Waals surface area contributed by atoms with Crippen LogP contribution < -0.4 is 15.1 Å². The highest BCUT2D eigenvalue weighted by Crippen LogP contribution is 2.26. The van der Waals surface area contributed by atoms with Crippen LogP contribution in [-0.2, 0) is 0 Å². The van der Waals surface area contributed by atoms with E-state index in [0.717, 1.165) is 5.39 Å². The molecular formula is C12H12O4. The number of hydrogen-bond acceptors (Lipinski definition) is 4. The van der Waals surface area contributed by atoms with Crippen LogP contribution in [-0.4, -0.2) is 13.7 Å². The molecule has 1 aromatic heterocycles. The van der Waals surface area contributed by atoms with Gasteiger partial charge in [0, 0.05) is 6.07 Å². The van der Waals surface area contributed by atoms with Gasteiger partial charge in [0.05, 0.1) is 25.2 Å². The molecule has 2 aromatic rings. The highest BCUT2D eigenvalue weighted by Gasteiger charge is 2.06. The summed E-state index contributed by atoms with van der Waals surface area (Å²) in [7, 11) is 1.52. The van der Waals surface area contributed by atoms with Crippen molar-refractivity contribution >= 4 is 11.0 Å². The lowest BCUT2D eigenvalue weighted by Gasteiger charge is -2.06. The Morgan fingerprint density at radius 3 is 2.81 bits per heavy atom. The molecule has 0 bridgehead atoms. The van der Waals surface area contributed by atoms with Gasteiger partial charge in [-0.15, -0.1) is 0 Å². The topological polar surface area (TPSA) is 48.7 Å². The molecular weight excluding hydrogens is 208 g/mol. The van der Waals surface area contributed by atoms with E-state index in [1.807, 2.05) is 19.1 Å². The van der Waals surface area contributed by atoms with E-state index in [2.05, 4.69) is 0 Å². The molecule has 0 radical (unpaired) electrons. The van der Waals surface area contributed by atoms with Crippen LogP contribution in [0.3, 0.4) is 0 Å². The van der Waals surface area contributed by atoms with Gasteiger partial charge in [0.25, 0.3) is 0 Å². The van der Waals surface area contributed by atoms with Gasteiger partial charge < -0.3 is 13.9 Å². The Labute approximate surface area is 92.4 Å². The first-order valence-electron chi connectivity index (χ1n) is 4.99.